The van der Waals surface area contributed by atoms with Gasteiger partial charge in [-0.3, -0.25) is 9.48 Å². The van der Waals surface area contributed by atoms with Crippen LogP contribution in [0.25, 0.3) is 4.85 Å². The molecule has 2 aromatic rings. The first-order chi connectivity index (χ1) is 12.5. The van der Waals surface area contributed by atoms with Gasteiger partial charge in [-0.1, -0.05) is 41.5 Å². The molecule has 0 aliphatic carbocycles. The molecule has 132 valence electrons. The van der Waals surface area contributed by atoms with Crippen LogP contribution in [0.5, 0.6) is 0 Å². The van der Waals surface area contributed by atoms with Gasteiger partial charge in [0.15, 0.2) is 7.47 Å². The Labute approximate surface area is 150 Å². The van der Waals surface area contributed by atoms with Gasteiger partial charge in [0.1, 0.15) is 0 Å². The Bertz CT molecular complexity index is 752. The lowest BCUT2D eigenvalue weighted by Gasteiger charge is -2.17. The second-order valence-corrected chi connectivity index (χ2v) is 6.21. The second-order valence-electron chi connectivity index (χ2n) is 6.21. The van der Waals surface area contributed by atoms with Crippen molar-refractivity contribution in [1.82, 2.24) is 15.0 Å². The summed E-state index contributed by atoms with van der Waals surface area (Å²) < 4.78 is 13.9. The topological polar surface area (TPSA) is 61.4 Å². The van der Waals surface area contributed by atoms with Crippen LogP contribution in [0.1, 0.15) is 49.9 Å². The van der Waals surface area contributed by atoms with Crippen molar-refractivity contribution < 1.29 is 10.9 Å². The molecule has 2 rings (SSSR count). The highest BCUT2D eigenvalue weighted by atomic mass is 16.5. The number of hydrogen-bond acceptors (Lipinski definition) is 4. The van der Waals surface area contributed by atoms with Crippen molar-refractivity contribution in [2.24, 2.45) is 7.05 Å². The van der Waals surface area contributed by atoms with Crippen LogP contribution >= 0.6 is 0 Å². The number of hydrogen-bond donors (Lipinski definition) is 0. The Morgan fingerprint density at radius 3 is 2.72 bits per heavy atom. The average Bonchev–Trinajstić information content (AvgIpc) is 3.01. The minimum absolute atomic E-state index is 0.562. The summed E-state index contributed by atoms with van der Waals surface area (Å²) in [6, 6.07) is 7.07. The largest absolute Gasteiger partial charge is 0.456 e. The summed E-state index contributed by atoms with van der Waals surface area (Å²) in [5, 5.41) is 7.96. The predicted octanol–water partition coefficient (Wildman–Crippen LogP) is 3.43. The summed E-state index contributed by atoms with van der Waals surface area (Å²) in [5.74, 6) is 0. The molecule has 6 heteroatoms. The van der Waals surface area contributed by atoms with Crippen LogP contribution in [-0.2, 0) is 23.0 Å². The molecule has 0 amide bonds. The second kappa shape index (κ2) is 9.58. The Morgan fingerprint density at radius 2 is 2.12 bits per heavy atom. The first-order valence-corrected chi connectivity index (χ1v) is 8.45. The van der Waals surface area contributed by atoms with Gasteiger partial charge in [-0.15, -0.1) is 5.10 Å². The van der Waals surface area contributed by atoms with Crippen molar-refractivity contribution in [1.29, 1.82) is 0 Å². The molecular weight excluding hydrogens is 316 g/mol. The van der Waals surface area contributed by atoms with E-state index in [1.807, 2.05) is 44.4 Å². The van der Waals surface area contributed by atoms with Crippen molar-refractivity contribution >= 4 is 6.45 Å². The standard InChI is InChI=1S/C19H24N4O2/c1-15-9-11-16(12-10-15)19(20-2)18(25-14-24)8-6-4-5-7-17-13-23(3)22-21-17/h9-14,18-19H,4-8H2,1,3H3/i14D. The van der Waals surface area contributed by atoms with Crippen LogP contribution in [0.15, 0.2) is 30.5 Å². The molecule has 1 aromatic carbocycles. The van der Waals surface area contributed by atoms with Crippen LogP contribution in [0.4, 0.5) is 0 Å². The highest BCUT2D eigenvalue weighted by Crippen LogP contribution is 2.27. The summed E-state index contributed by atoms with van der Waals surface area (Å²) >= 11 is 0. The molecule has 0 saturated heterocycles. The third-order valence-corrected chi connectivity index (χ3v) is 4.18. The molecule has 0 fully saturated rings. The van der Waals surface area contributed by atoms with E-state index in [9.17, 15) is 4.79 Å². The van der Waals surface area contributed by atoms with Crippen LogP contribution in [0, 0.1) is 13.5 Å². The number of aryl methyl sites for hydroxylation is 3. The molecule has 2 unspecified atom stereocenters. The maximum Gasteiger partial charge on any atom is 0.293 e. The maximum atomic E-state index is 11.2. The molecule has 1 heterocycles. The van der Waals surface area contributed by atoms with Crippen molar-refractivity contribution in [2.45, 2.75) is 51.2 Å². The number of carbonyl (C=O) groups is 1. The van der Waals surface area contributed by atoms with E-state index in [0.717, 1.165) is 42.5 Å². The van der Waals surface area contributed by atoms with Crippen molar-refractivity contribution in [3.8, 4) is 0 Å². The fourth-order valence-corrected chi connectivity index (χ4v) is 2.82. The lowest BCUT2D eigenvalue weighted by Crippen LogP contribution is -2.20. The fourth-order valence-electron chi connectivity index (χ4n) is 2.82. The number of rotatable bonds is 9. The highest BCUT2D eigenvalue weighted by molar-refractivity contribution is 5.38. The fraction of sp³-hybridized carbons (Fsp3) is 0.474. The lowest BCUT2D eigenvalue weighted by atomic mass is 9.96. The SMILES string of the molecule is [2H]C(=O)OC(CCCCCc1cn(C)nn1)C([N+]#[C-])c1ccc(C)cc1. The van der Waals surface area contributed by atoms with E-state index >= 15 is 0 Å². The zero-order valence-electron chi connectivity index (χ0n) is 15.7. The predicted molar refractivity (Wildman–Crippen MR) is 94.6 cm³/mol. The van der Waals surface area contributed by atoms with E-state index in [1.165, 1.54) is 0 Å². The summed E-state index contributed by atoms with van der Waals surface area (Å²) in [4.78, 5) is 14.8. The summed E-state index contributed by atoms with van der Waals surface area (Å²) in [6.45, 7) is 9.49. The van der Waals surface area contributed by atoms with E-state index in [4.69, 9.17) is 12.7 Å². The summed E-state index contributed by atoms with van der Waals surface area (Å²) in [6.07, 6.45) is 4.32. The van der Waals surface area contributed by atoms with Crippen molar-refractivity contribution in [3.05, 3.63) is 58.7 Å². The minimum Gasteiger partial charge on any atom is -0.456 e. The Kier molecular flexibility index (Phi) is 6.57. The molecule has 0 bridgehead atoms. The van der Waals surface area contributed by atoms with E-state index in [-0.39, 0.29) is 0 Å². The van der Waals surface area contributed by atoms with Crippen LogP contribution in [0.3, 0.4) is 0 Å². The first-order valence-electron chi connectivity index (χ1n) is 8.95. The van der Waals surface area contributed by atoms with Gasteiger partial charge in [-0.2, -0.15) is 0 Å². The van der Waals surface area contributed by atoms with Crippen LogP contribution < -0.4 is 0 Å². The van der Waals surface area contributed by atoms with E-state index < -0.39 is 18.6 Å². The molecule has 0 saturated carbocycles. The number of benzene rings is 1. The summed E-state index contributed by atoms with van der Waals surface area (Å²) in [5.41, 5.74) is 2.88. The molecule has 0 N–H and O–H groups in total. The van der Waals surface area contributed by atoms with Gasteiger partial charge in [-0.05, 0) is 32.6 Å². The smallest absolute Gasteiger partial charge is 0.293 e. The minimum atomic E-state index is -1.09. The third-order valence-electron chi connectivity index (χ3n) is 4.18. The van der Waals surface area contributed by atoms with Crippen molar-refractivity contribution in [3.63, 3.8) is 0 Å². The van der Waals surface area contributed by atoms with Gasteiger partial charge in [0.05, 0.1) is 5.69 Å². The third kappa shape index (κ3) is 5.71. The number of aromatic nitrogens is 3. The van der Waals surface area contributed by atoms with Gasteiger partial charge in [-0.25, -0.2) is 6.57 Å². The molecular formula is C19H24N4O2. The quantitative estimate of drug-likeness (QED) is 0.398. The Hall–Kier alpha value is -2.68. The monoisotopic (exact) mass is 341 g/mol. The summed E-state index contributed by atoms with van der Waals surface area (Å²) in [7, 11) is 1.84. The zero-order valence-corrected chi connectivity index (χ0v) is 14.7. The molecule has 0 radical (unpaired) electrons. The molecule has 25 heavy (non-hydrogen) atoms. The van der Waals surface area contributed by atoms with Gasteiger partial charge in [0, 0.05) is 18.8 Å². The highest BCUT2D eigenvalue weighted by Gasteiger charge is 2.29. The normalized spacial score (nSPS) is 13.6. The number of nitrogens with zero attached hydrogens (tertiary/aromatic N) is 4. The molecule has 1 aromatic heterocycles. The first kappa shape index (κ1) is 17.2. The van der Waals surface area contributed by atoms with E-state index in [1.54, 1.807) is 4.68 Å². The van der Waals surface area contributed by atoms with Gasteiger partial charge in [0.25, 0.3) is 12.5 Å². The van der Waals surface area contributed by atoms with Gasteiger partial charge >= 0.3 is 0 Å². The van der Waals surface area contributed by atoms with E-state index in [0.29, 0.717) is 6.42 Å². The zero-order chi connectivity index (χ0) is 18.9. The molecule has 0 aliphatic heterocycles. The average molecular weight is 341 g/mol. The molecule has 0 aliphatic rings. The molecule has 2 atom stereocenters. The number of carbonyl (C=O) groups excluding carboxylic acids is 1. The lowest BCUT2D eigenvalue weighted by molar-refractivity contribution is -0.134. The number of unbranched alkanes of at least 4 members (excludes halogenated alkanes) is 2. The van der Waals surface area contributed by atoms with Crippen molar-refractivity contribution in [2.75, 3.05) is 0 Å². The van der Waals surface area contributed by atoms with Crippen LogP contribution in [0.2, 0.25) is 0 Å². The Balaban J connectivity index is 1.89. The van der Waals surface area contributed by atoms with Crippen LogP contribution in [-0.4, -0.2) is 27.5 Å². The van der Waals surface area contributed by atoms with E-state index in [2.05, 4.69) is 15.2 Å². The Morgan fingerprint density at radius 1 is 1.36 bits per heavy atom. The molecule has 6 nitrogen and oxygen atoms in total. The van der Waals surface area contributed by atoms with Gasteiger partial charge in [0.2, 0.25) is 0 Å². The van der Waals surface area contributed by atoms with Gasteiger partial charge < -0.3 is 9.58 Å². The maximum absolute atomic E-state index is 11.2. The number of ether oxygens (including phenoxy) is 1. The molecule has 0 spiro atoms.